The van der Waals surface area contributed by atoms with Crippen molar-refractivity contribution < 1.29 is 8.83 Å². The molecule has 2 aromatic rings. The first kappa shape index (κ1) is 9.09. The maximum Gasteiger partial charge on any atom is 0.117 e. The van der Waals surface area contributed by atoms with Crippen molar-refractivity contribution in [3.8, 4) is 0 Å². The van der Waals surface area contributed by atoms with Gasteiger partial charge >= 0.3 is 0 Å². The minimum absolute atomic E-state index is 0.772. The molecule has 0 aromatic carbocycles. The Morgan fingerprint density at radius 2 is 1.71 bits per heavy atom. The van der Waals surface area contributed by atoms with Crippen LogP contribution in [0, 0.1) is 0 Å². The van der Waals surface area contributed by atoms with Gasteiger partial charge in [-0.2, -0.15) is 0 Å². The summed E-state index contributed by atoms with van der Waals surface area (Å²) in [6, 6.07) is 7.74. The molecule has 74 valence electrons. The van der Waals surface area contributed by atoms with Crippen LogP contribution in [0.2, 0.25) is 0 Å². The minimum Gasteiger partial charge on any atom is -0.469 e. The summed E-state index contributed by atoms with van der Waals surface area (Å²) in [5, 5.41) is 3.27. The molecule has 0 atom stereocenters. The fourth-order valence-electron chi connectivity index (χ4n) is 1.29. The normalized spacial score (nSPS) is 10.6. The Kier molecular flexibility index (Phi) is 3.03. The quantitative estimate of drug-likeness (QED) is 0.736. The van der Waals surface area contributed by atoms with Gasteiger partial charge in [0.25, 0.3) is 0 Å². The molecule has 1 N–H and O–H groups in total. The summed E-state index contributed by atoms with van der Waals surface area (Å²) in [4.78, 5) is 0. The maximum absolute atomic E-state index is 5.21. The minimum atomic E-state index is 0.772. The lowest BCUT2D eigenvalue weighted by atomic mass is 10.3. The molecule has 0 bridgehead atoms. The fourth-order valence-corrected chi connectivity index (χ4v) is 1.29. The Labute approximate surface area is 82.7 Å². The molecule has 0 aliphatic carbocycles. The van der Waals surface area contributed by atoms with E-state index in [-0.39, 0.29) is 0 Å². The molecule has 0 amide bonds. The standard InChI is InChI=1S/C11H13NO2/c1-3-10(13-7-1)5-6-12-9-11-4-2-8-14-11/h1-4,7-8,12H,5-6,9H2. The number of nitrogens with one attached hydrogen (secondary N) is 1. The number of rotatable bonds is 5. The van der Waals surface area contributed by atoms with Gasteiger partial charge in [0, 0.05) is 13.0 Å². The Balaban J connectivity index is 1.65. The highest BCUT2D eigenvalue weighted by Crippen LogP contribution is 2.01. The molecule has 0 aliphatic rings. The predicted molar refractivity (Wildman–Crippen MR) is 52.8 cm³/mol. The average Bonchev–Trinajstić information content (AvgIpc) is 2.86. The lowest BCUT2D eigenvalue weighted by Crippen LogP contribution is -2.15. The second kappa shape index (κ2) is 4.67. The first-order valence-electron chi connectivity index (χ1n) is 4.70. The van der Waals surface area contributed by atoms with E-state index in [0.717, 1.165) is 31.0 Å². The van der Waals surface area contributed by atoms with E-state index in [1.807, 2.05) is 24.3 Å². The van der Waals surface area contributed by atoms with Crippen LogP contribution in [0.1, 0.15) is 11.5 Å². The maximum atomic E-state index is 5.21. The van der Waals surface area contributed by atoms with Crippen LogP contribution in [-0.4, -0.2) is 6.54 Å². The van der Waals surface area contributed by atoms with E-state index in [9.17, 15) is 0 Å². The third kappa shape index (κ3) is 2.50. The van der Waals surface area contributed by atoms with Crippen molar-refractivity contribution in [1.82, 2.24) is 5.32 Å². The molecule has 2 aromatic heterocycles. The van der Waals surface area contributed by atoms with E-state index in [1.165, 1.54) is 0 Å². The fraction of sp³-hybridized carbons (Fsp3) is 0.273. The average molecular weight is 191 g/mol. The third-order valence-electron chi connectivity index (χ3n) is 2.01. The molecule has 0 unspecified atom stereocenters. The van der Waals surface area contributed by atoms with Crippen LogP contribution in [0.15, 0.2) is 45.6 Å². The molecule has 0 aliphatic heterocycles. The van der Waals surface area contributed by atoms with E-state index in [0.29, 0.717) is 0 Å². The summed E-state index contributed by atoms with van der Waals surface area (Å²) in [7, 11) is 0. The summed E-state index contributed by atoms with van der Waals surface area (Å²) >= 11 is 0. The number of hydrogen-bond acceptors (Lipinski definition) is 3. The third-order valence-corrected chi connectivity index (χ3v) is 2.01. The molecule has 2 rings (SSSR count). The van der Waals surface area contributed by atoms with Gasteiger partial charge in [-0.15, -0.1) is 0 Å². The van der Waals surface area contributed by atoms with Gasteiger partial charge in [-0.25, -0.2) is 0 Å². The summed E-state index contributed by atoms with van der Waals surface area (Å²) < 4.78 is 10.4. The number of hydrogen-bond donors (Lipinski definition) is 1. The van der Waals surface area contributed by atoms with Crippen molar-refractivity contribution in [1.29, 1.82) is 0 Å². The van der Waals surface area contributed by atoms with Gasteiger partial charge < -0.3 is 14.2 Å². The Morgan fingerprint density at radius 3 is 2.36 bits per heavy atom. The largest absolute Gasteiger partial charge is 0.469 e. The highest BCUT2D eigenvalue weighted by molar-refractivity contribution is 4.99. The van der Waals surface area contributed by atoms with Crippen molar-refractivity contribution >= 4 is 0 Å². The first-order chi connectivity index (χ1) is 6.95. The van der Waals surface area contributed by atoms with Gasteiger partial charge in [-0.05, 0) is 24.3 Å². The van der Waals surface area contributed by atoms with E-state index < -0.39 is 0 Å². The van der Waals surface area contributed by atoms with Crippen molar-refractivity contribution in [3.63, 3.8) is 0 Å². The van der Waals surface area contributed by atoms with Crippen LogP contribution >= 0.6 is 0 Å². The molecule has 0 radical (unpaired) electrons. The smallest absolute Gasteiger partial charge is 0.117 e. The molecule has 0 saturated carbocycles. The molecule has 0 spiro atoms. The first-order valence-corrected chi connectivity index (χ1v) is 4.70. The topological polar surface area (TPSA) is 38.3 Å². The van der Waals surface area contributed by atoms with Crippen molar-refractivity contribution in [2.24, 2.45) is 0 Å². The Hall–Kier alpha value is -1.48. The lowest BCUT2D eigenvalue weighted by molar-refractivity contribution is 0.468. The zero-order valence-corrected chi connectivity index (χ0v) is 7.90. The van der Waals surface area contributed by atoms with Crippen LogP contribution < -0.4 is 5.32 Å². The van der Waals surface area contributed by atoms with E-state index >= 15 is 0 Å². The van der Waals surface area contributed by atoms with E-state index in [1.54, 1.807) is 12.5 Å². The van der Waals surface area contributed by atoms with Gasteiger partial charge in [0.2, 0.25) is 0 Å². The van der Waals surface area contributed by atoms with Crippen LogP contribution in [0.5, 0.6) is 0 Å². The molecule has 3 heteroatoms. The second-order valence-electron chi connectivity index (χ2n) is 3.09. The Morgan fingerprint density at radius 1 is 1.00 bits per heavy atom. The van der Waals surface area contributed by atoms with Gasteiger partial charge in [0.05, 0.1) is 19.1 Å². The summed E-state index contributed by atoms with van der Waals surface area (Å²) in [6.45, 7) is 1.67. The highest BCUT2D eigenvalue weighted by Gasteiger charge is 1.96. The second-order valence-corrected chi connectivity index (χ2v) is 3.09. The van der Waals surface area contributed by atoms with E-state index in [2.05, 4.69) is 5.32 Å². The van der Waals surface area contributed by atoms with Gasteiger partial charge in [0.1, 0.15) is 11.5 Å². The lowest BCUT2D eigenvalue weighted by Gasteiger charge is -1.99. The summed E-state index contributed by atoms with van der Waals surface area (Å²) in [6.07, 6.45) is 4.29. The molecule has 0 saturated heterocycles. The van der Waals surface area contributed by atoms with E-state index in [4.69, 9.17) is 8.83 Å². The monoisotopic (exact) mass is 191 g/mol. The van der Waals surface area contributed by atoms with Gasteiger partial charge in [-0.3, -0.25) is 0 Å². The molecule has 14 heavy (non-hydrogen) atoms. The van der Waals surface area contributed by atoms with Gasteiger partial charge in [-0.1, -0.05) is 0 Å². The van der Waals surface area contributed by atoms with Gasteiger partial charge in [0.15, 0.2) is 0 Å². The SMILES string of the molecule is c1coc(CCNCc2ccco2)c1. The summed E-state index contributed by atoms with van der Waals surface area (Å²) in [5.74, 6) is 1.97. The number of furan rings is 2. The molecule has 3 nitrogen and oxygen atoms in total. The van der Waals surface area contributed by atoms with Crippen LogP contribution in [0.25, 0.3) is 0 Å². The molecular formula is C11H13NO2. The summed E-state index contributed by atoms with van der Waals surface area (Å²) in [5.41, 5.74) is 0. The van der Waals surface area contributed by atoms with Crippen molar-refractivity contribution in [2.45, 2.75) is 13.0 Å². The van der Waals surface area contributed by atoms with Crippen LogP contribution in [0.3, 0.4) is 0 Å². The zero-order valence-electron chi connectivity index (χ0n) is 7.90. The highest BCUT2D eigenvalue weighted by atomic mass is 16.3. The molecular weight excluding hydrogens is 178 g/mol. The Bertz CT molecular complexity index is 301. The van der Waals surface area contributed by atoms with Crippen LogP contribution in [0.4, 0.5) is 0 Å². The van der Waals surface area contributed by atoms with Crippen LogP contribution in [-0.2, 0) is 13.0 Å². The van der Waals surface area contributed by atoms with Crippen molar-refractivity contribution in [3.05, 3.63) is 48.3 Å². The molecule has 2 heterocycles. The predicted octanol–water partition coefficient (Wildman–Crippen LogP) is 2.20. The van der Waals surface area contributed by atoms with Crippen molar-refractivity contribution in [2.75, 3.05) is 6.54 Å². The molecule has 0 fully saturated rings. The zero-order chi connectivity index (χ0) is 9.64.